The number of amides is 1. The number of nitrogen functional groups attached to an aromatic ring is 1. The van der Waals surface area contributed by atoms with Crippen LogP contribution in [0.3, 0.4) is 0 Å². The first-order valence-electron chi connectivity index (χ1n) is 10.6. The number of nitrogens with one attached hydrogen (secondary N) is 1. The molecule has 1 unspecified atom stereocenters. The molecule has 1 aromatic heterocycles. The first-order chi connectivity index (χ1) is 15.4. The Morgan fingerprint density at radius 3 is 2.59 bits per heavy atom. The maximum absolute atomic E-state index is 13.7. The third-order valence-electron chi connectivity index (χ3n) is 5.22. The second-order valence-electron chi connectivity index (χ2n) is 7.43. The van der Waals surface area contributed by atoms with Crippen LogP contribution in [0.4, 0.5) is 10.2 Å². The van der Waals surface area contributed by atoms with Crippen LogP contribution in [-0.2, 0) is 0 Å². The number of carbonyl (C=O) groups excluding carboxylic acids is 1. The van der Waals surface area contributed by atoms with E-state index >= 15 is 0 Å². The van der Waals surface area contributed by atoms with Gasteiger partial charge in [0.2, 0.25) is 0 Å². The number of halogens is 1. The minimum Gasteiger partial charge on any atom is -0.390 e. The van der Waals surface area contributed by atoms with E-state index in [1.807, 2.05) is 13.8 Å². The van der Waals surface area contributed by atoms with Crippen molar-refractivity contribution in [3.63, 3.8) is 0 Å². The fraction of sp³-hybridized carbons (Fsp3) is 0.280. The summed E-state index contributed by atoms with van der Waals surface area (Å²) in [6.07, 6.45) is 0.954. The second kappa shape index (κ2) is 10.7. The highest BCUT2D eigenvalue weighted by Crippen LogP contribution is 2.22. The summed E-state index contributed by atoms with van der Waals surface area (Å²) in [6, 6.07) is 11.2. The summed E-state index contributed by atoms with van der Waals surface area (Å²) in [5.41, 5.74) is 7.57. The summed E-state index contributed by atoms with van der Waals surface area (Å²) < 4.78 is 13.7. The second-order valence-corrected chi connectivity index (χ2v) is 7.43. The van der Waals surface area contributed by atoms with Gasteiger partial charge in [-0.1, -0.05) is 25.7 Å². The molecule has 0 saturated carbocycles. The number of anilines is 1. The quantitative estimate of drug-likeness (QED) is 0.498. The van der Waals surface area contributed by atoms with Gasteiger partial charge in [0.1, 0.15) is 11.6 Å². The van der Waals surface area contributed by atoms with Gasteiger partial charge in [-0.3, -0.25) is 4.79 Å². The van der Waals surface area contributed by atoms with Gasteiger partial charge in [0.15, 0.2) is 0 Å². The number of benzene rings is 2. The van der Waals surface area contributed by atoms with Crippen molar-refractivity contribution in [1.82, 2.24) is 15.2 Å². The normalized spacial score (nSPS) is 11.8. The predicted octanol–water partition coefficient (Wildman–Crippen LogP) is 2.79. The summed E-state index contributed by atoms with van der Waals surface area (Å²) in [7, 11) is 0. The molecule has 1 atom stereocenters. The molecule has 0 aliphatic heterocycles. The number of nitrogens with two attached hydrogens (primary N) is 1. The molecule has 0 aliphatic rings. The molecular formula is C25H27FN4O2. The Kier molecular flexibility index (Phi) is 7.77. The summed E-state index contributed by atoms with van der Waals surface area (Å²) in [4.78, 5) is 18.6. The molecule has 0 bridgehead atoms. The molecule has 7 heteroatoms. The van der Waals surface area contributed by atoms with Crippen molar-refractivity contribution < 1.29 is 14.3 Å². The number of likely N-dealkylation sites (N-methyl/N-ethyl adjacent to an activating group) is 1. The molecule has 0 aliphatic carbocycles. The van der Waals surface area contributed by atoms with Crippen molar-refractivity contribution >= 4 is 22.5 Å². The first-order valence-corrected chi connectivity index (χ1v) is 10.6. The Hall–Kier alpha value is -3.47. The number of carbonyl (C=O) groups is 1. The number of aliphatic hydroxyl groups is 1. The monoisotopic (exact) mass is 434 g/mol. The lowest BCUT2D eigenvalue weighted by molar-refractivity contribution is 0.0869. The molecule has 4 N–H and O–H groups in total. The predicted molar refractivity (Wildman–Crippen MR) is 125 cm³/mol. The zero-order valence-electron chi connectivity index (χ0n) is 18.2. The average molecular weight is 435 g/mol. The van der Waals surface area contributed by atoms with Crippen LogP contribution in [-0.4, -0.2) is 53.2 Å². The van der Waals surface area contributed by atoms with Gasteiger partial charge in [0, 0.05) is 41.2 Å². The molecule has 2 aromatic carbocycles. The van der Waals surface area contributed by atoms with E-state index in [-0.39, 0.29) is 24.1 Å². The van der Waals surface area contributed by atoms with Gasteiger partial charge in [0.05, 0.1) is 11.7 Å². The smallest absolute Gasteiger partial charge is 0.251 e. The standard InChI is InChI=1S/C25H27FN4O2/c1-3-30(4-2)16-21(31)15-29-25(32)18-8-5-17(6-9-18)7-12-22-23-13-20(26)11-10-19(23)14-28-24(22)27/h5-6,8-11,13-14,21,31H,3-4,15-16H2,1-2H3,(H2,27,28)(H,29,32). The SMILES string of the molecule is CCN(CC)CC(O)CNC(=O)c1ccc(C#Cc2c(N)ncc3ccc(F)cc23)cc1. The highest BCUT2D eigenvalue weighted by Gasteiger charge is 2.12. The van der Waals surface area contributed by atoms with Crippen LogP contribution in [0.1, 0.15) is 35.3 Å². The highest BCUT2D eigenvalue weighted by molar-refractivity contribution is 5.94. The van der Waals surface area contributed by atoms with Crippen LogP contribution in [0.2, 0.25) is 0 Å². The number of aromatic nitrogens is 1. The molecular weight excluding hydrogens is 407 g/mol. The van der Waals surface area contributed by atoms with E-state index in [4.69, 9.17) is 5.73 Å². The van der Waals surface area contributed by atoms with E-state index < -0.39 is 6.10 Å². The van der Waals surface area contributed by atoms with Gasteiger partial charge in [-0.2, -0.15) is 0 Å². The number of hydrogen-bond donors (Lipinski definition) is 3. The molecule has 6 nitrogen and oxygen atoms in total. The molecule has 0 spiro atoms. The van der Waals surface area contributed by atoms with Crippen LogP contribution >= 0.6 is 0 Å². The van der Waals surface area contributed by atoms with Crippen LogP contribution in [0.25, 0.3) is 10.8 Å². The van der Waals surface area contributed by atoms with Gasteiger partial charge >= 0.3 is 0 Å². The molecule has 1 amide bonds. The van der Waals surface area contributed by atoms with Crippen molar-refractivity contribution in [2.75, 3.05) is 31.9 Å². The van der Waals surface area contributed by atoms with E-state index in [9.17, 15) is 14.3 Å². The Morgan fingerprint density at radius 2 is 1.91 bits per heavy atom. The van der Waals surface area contributed by atoms with Gasteiger partial charge in [-0.25, -0.2) is 9.37 Å². The largest absolute Gasteiger partial charge is 0.390 e. The van der Waals surface area contributed by atoms with Crippen molar-refractivity contribution in [3.05, 3.63) is 71.2 Å². The topological polar surface area (TPSA) is 91.5 Å². The summed E-state index contributed by atoms with van der Waals surface area (Å²) in [6.45, 7) is 6.45. The molecule has 0 saturated heterocycles. The van der Waals surface area contributed by atoms with Crippen LogP contribution in [0.15, 0.2) is 48.7 Å². The van der Waals surface area contributed by atoms with E-state index in [2.05, 4.69) is 27.0 Å². The van der Waals surface area contributed by atoms with Crippen LogP contribution in [0.5, 0.6) is 0 Å². The first kappa shape index (κ1) is 23.2. The fourth-order valence-electron chi connectivity index (χ4n) is 3.33. The number of nitrogens with zero attached hydrogens (tertiary/aromatic N) is 2. The number of hydrogen-bond acceptors (Lipinski definition) is 5. The number of fused-ring (bicyclic) bond motifs is 1. The zero-order chi connectivity index (χ0) is 23.1. The maximum Gasteiger partial charge on any atom is 0.251 e. The molecule has 1 heterocycles. The van der Waals surface area contributed by atoms with Crippen molar-refractivity contribution in [2.45, 2.75) is 20.0 Å². The van der Waals surface area contributed by atoms with Gasteiger partial charge < -0.3 is 21.1 Å². The molecule has 3 rings (SSSR count). The minimum absolute atomic E-state index is 0.181. The molecule has 3 aromatic rings. The lowest BCUT2D eigenvalue weighted by Crippen LogP contribution is -2.40. The Balaban J connectivity index is 1.68. The number of pyridine rings is 1. The van der Waals surface area contributed by atoms with Crippen LogP contribution < -0.4 is 11.1 Å². The molecule has 166 valence electrons. The van der Waals surface area contributed by atoms with E-state index in [0.717, 1.165) is 18.5 Å². The van der Waals surface area contributed by atoms with E-state index in [1.54, 1.807) is 36.5 Å². The van der Waals surface area contributed by atoms with Gasteiger partial charge in [0.25, 0.3) is 5.91 Å². The van der Waals surface area contributed by atoms with Gasteiger partial charge in [-0.05, 0) is 55.6 Å². The lowest BCUT2D eigenvalue weighted by atomic mass is 10.1. The lowest BCUT2D eigenvalue weighted by Gasteiger charge is -2.22. The zero-order valence-corrected chi connectivity index (χ0v) is 18.2. The third-order valence-corrected chi connectivity index (χ3v) is 5.22. The van der Waals surface area contributed by atoms with Crippen molar-refractivity contribution in [3.8, 4) is 11.8 Å². The summed E-state index contributed by atoms with van der Waals surface area (Å²) in [5, 5.41) is 14.2. The molecule has 0 radical (unpaired) electrons. The minimum atomic E-state index is -0.631. The number of aliphatic hydroxyl groups excluding tert-OH is 1. The molecule has 32 heavy (non-hydrogen) atoms. The van der Waals surface area contributed by atoms with E-state index in [0.29, 0.717) is 28.6 Å². The van der Waals surface area contributed by atoms with E-state index in [1.165, 1.54) is 12.1 Å². The molecule has 0 fully saturated rings. The van der Waals surface area contributed by atoms with Gasteiger partial charge in [-0.15, -0.1) is 0 Å². The average Bonchev–Trinajstić information content (AvgIpc) is 2.80. The number of rotatable bonds is 7. The Bertz CT molecular complexity index is 1140. The van der Waals surface area contributed by atoms with Crippen molar-refractivity contribution in [2.24, 2.45) is 0 Å². The van der Waals surface area contributed by atoms with Crippen molar-refractivity contribution in [1.29, 1.82) is 0 Å². The summed E-state index contributed by atoms with van der Waals surface area (Å²) >= 11 is 0. The van der Waals surface area contributed by atoms with Crippen LogP contribution in [0, 0.1) is 17.7 Å². The maximum atomic E-state index is 13.7. The summed E-state index contributed by atoms with van der Waals surface area (Å²) in [5.74, 6) is 5.57. The fourth-order valence-corrected chi connectivity index (χ4v) is 3.33. The Labute approximate surface area is 187 Å². The third kappa shape index (κ3) is 5.82. The Morgan fingerprint density at radius 1 is 1.19 bits per heavy atom. The highest BCUT2D eigenvalue weighted by atomic mass is 19.1.